The molecule has 7 heteroatoms. The highest BCUT2D eigenvalue weighted by molar-refractivity contribution is 6.15. The summed E-state index contributed by atoms with van der Waals surface area (Å²) in [7, 11) is 0. The molecule has 0 spiro atoms. The lowest BCUT2D eigenvalue weighted by molar-refractivity contribution is 0.101. The van der Waals surface area contributed by atoms with Crippen molar-refractivity contribution in [2.24, 2.45) is 0 Å². The van der Waals surface area contributed by atoms with E-state index in [0.717, 1.165) is 48.4 Å². The first-order valence-corrected chi connectivity index (χ1v) is 10.7. The van der Waals surface area contributed by atoms with Crippen LogP contribution in [-0.4, -0.2) is 53.2 Å². The third-order valence-corrected chi connectivity index (χ3v) is 5.62. The number of aromatic amines is 1. The molecule has 2 N–H and O–H groups in total. The summed E-state index contributed by atoms with van der Waals surface area (Å²) in [6, 6.07) is 11.5. The minimum Gasteiger partial charge on any atom is -0.491 e. The van der Waals surface area contributed by atoms with Crippen LogP contribution in [-0.2, 0) is 6.54 Å². The second-order valence-electron chi connectivity index (χ2n) is 8.21. The number of ketones is 1. The van der Waals surface area contributed by atoms with Crippen LogP contribution in [0.15, 0.2) is 42.2 Å². The molecule has 0 radical (unpaired) electrons. The molecule has 0 amide bonds. The van der Waals surface area contributed by atoms with E-state index >= 15 is 0 Å². The lowest BCUT2D eigenvalue weighted by atomic mass is 10.0. The number of hydrogen-bond donors (Lipinski definition) is 2. The van der Waals surface area contributed by atoms with Crippen LogP contribution < -0.4 is 14.8 Å². The predicted octanol–water partition coefficient (Wildman–Crippen LogP) is 3.37. The van der Waals surface area contributed by atoms with Crippen molar-refractivity contribution < 1.29 is 14.3 Å². The number of aromatic nitrogens is 2. The van der Waals surface area contributed by atoms with Crippen molar-refractivity contribution in [2.75, 3.05) is 26.2 Å². The first-order chi connectivity index (χ1) is 15.1. The van der Waals surface area contributed by atoms with E-state index in [1.54, 1.807) is 12.1 Å². The normalized spacial score (nSPS) is 18.0. The maximum atomic E-state index is 13.1. The van der Waals surface area contributed by atoms with E-state index in [1.165, 1.54) is 0 Å². The van der Waals surface area contributed by atoms with Gasteiger partial charge in [0.1, 0.15) is 11.5 Å². The number of Topliss-reactive ketones (excluding diaryl/α,β-unsaturated/α-hetero) is 1. The highest BCUT2D eigenvalue weighted by Gasteiger charge is 2.32. The third-order valence-electron chi connectivity index (χ3n) is 5.62. The number of para-hydroxylation sites is 1. The molecule has 160 valence electrons. The number of H-pyrrole nitrogens is 1. The maximum absolute atomic E-state index is 13.1. The lowest BCUT2D eigenvalue weighted by Crippen LogP contribution is -2.43. The van der Waals surface area contributed by atoms with Crippen LogP contribution in [0.2, 0.25) is 0 Å². The van der Waals surface area contributed by atoms with Gasteiger partial charge in [-0.3, -0.25) is 14.8 Å². The Labute approximate surface area is 181 Å². The average Bonchev–Trinajstić information content (AvgIpc) is 3.32. The fraction of sp³-hybridized carbons (Fsp3) is 0.333. The molecule has 0 saturated carbocycles. The quantitative estimate of drug-likeness (QED) is 0.619. The van der Waals surface area contributed by atoms with Crippen LogP contribution in [0, 0.1) is 0 Å². The van der Waals surface area contributed by atoms with Crippen molar-refractivity contribution in [2.45, 2.75) is 26.5 Å². The van der Waals surface area contributed by atoms with Crippen LogP contribution in [0.4, 0.5) is 0 Å². The molecule has 2 aliphatic rings. The third kappa shape index (κ3) is 3.82. The summed E-state index contributed by atoms with van der Waals surface area (Å²) in [6.45, 7) is 8.48. The number of hydrogen-bond acceptors (Lipinski definition) is 6. The SMILES string of the molecule is CC(C)Oc1ccc2c(c1CN1CCNCC1)O/C(=C\c1n[nH]c3ccccc13)C2=O. The molecular formula is C24H26N4O3. The van der Waals surface area contributed by atoms with Crippen molar-refractivity contribution >= 4 is 22.8 Å². The minimum atomic E-state index is -0.125. The summed E-state index contributed by atoms with van der Waals surface area (Å²) in [4.78, 5) is 15.5. The Bertz CT molecular complexity index is 1160. The molecule has 1 saturated heterocycles. The number of benzene rings is 2. The lowest BCUT2D eigenvalue weighted by Gasteiger charge is -2.28. The second kappa shape index (κ2) is 8.17. The number of allylic oxidation sites excluding steroid dienone is 1. The number of carbonyl (C=O) groups excluding carboxylic acids is 1. The largest absolute Gasteiger partial charge is 0.491 e. The molecule has 0 atom stereocenters. The highest BCUT2D eigenvalue weighted by atomic mass is 16.5. The van der Waals surface area contributed by atoms with Crippen molar-refractivity contribution in [3.05, 3.63) is 59.0 Å². The van der Waals surface area contributed by atoms with Gasteiger partial charge in [0.15, 0.2) is 5.76 Å². The summed E-state index contributed by atoms with van der Waals surface area (Å²) in [5.74, 6) is 1.54. The molecule has 1 aromatic heterocycles. The Balaban J connectivity index is 1.52. The second-order valence-corrected chi connectivity index (χ2v) is 8.21. The van der Waals surface area contributed by atoms with E-state index in [4.69, 9.17) is 9.47 Å². The fourth-order valence-corrected chi connectivity index (χ4v) is 4.11. The van der Waals surface area contributed by atoms with Gasteiger partial charge in [-0.2, -0.15) is 5.10 Å². The molecule has 3 aromatic rings. The molecule has 0 unspecified atom stereocenters. The molecule has 2 aromatic carbocycles. The average molecular weight is 418 g/mol. The molecule has 0 aliphatic carbocycles. The number of piperazine rings is 1. The zero-order valence-electron chi connectivity index (χ0n) is 17.8. The Morgan fingerprint density at radius 2 is 2.00 bits per heavy atom. The van der Waals surface area contributed by atoms with E-state index in [9.17, 15) is 4.79 Å². The summed E-state index contributed by atoms with van der Waals surface area (Å²) >= 11 is 0. The van der Waals surface area contributed by atoms with Gasteiger partial charge in [0.2, 0.25) is 5.78 Å². The predicted molar refractivity (Wildman–Crippen MR) is 119 cm³/mol. The van der Waals surface area contributed by atoms with Crippen LogP contribution >= 0.6 is 0 Å². The first kappa shape index (κ1) is 19.8. The highest BCUT2D eigenvalue weighted by Crippen LogP contribution is 2.41. The van der Waals surface area contributed by atoms with Gasteiger partial charge in [-0.25, -0.2) is 0 Å². The number of carbonyl (C=O) groups is 1. The molecule has 0 bridgehead atoms. The molecule has 3 heterocycles. The van der Waals surface area contributed by atoms with E-state index < -0.39 is 0 Å². The van der Waals surface area contributed by atoms with Gasteiger partial charge in [0.25, 0.3) is 0 Å². The number of nitrogens with zero attached hydrogens (tertiary/aromatic N) is 2. The van der Waals surface area contributed by atoms with Gasteiger partial charge in [-0.15, -0.1) is 0 Å². The van der Waals surface area contributed by atoms with Gasteiger partial charge >= 0.3 is 0 Å². The number of rotatable bonds is 5. The van der Waals surface area contributed by atoms with Crippen LogP contribution in [0.1, 0.15) is 35.5 Å². The van der Waals surface area contributed by atoms with Crippen molar-refractivity contribution in [1.82, 2.24) is 20.4 Å². The monoisotopic (exact) mass is 418 g/mol. The zero-order chi connectivity index (χ0) is 21.4. The smallest absolute Gasteiger partial charge is 0.232 e. The Morgan fingerprint density at radius 1 is 1.19 bits per heavy atom. The van der Waals surface area contributed by atoms with E-state index in [-0.39, 0.29) is 17.6 Å². The Hall–Kier alpha value is -3.16. The van der Waals surface area contributed by atoms with E-state index in [0.29, 0.717) is 23.6 Å². The molecule has 31 heavy (non-hydrogen) atoms. The summed E-state index contributed by atoms with van der Waals surface area (Å²) in [5, 5.41) is 11.7. The van der Waals surface area contributed by atoms with Gasteiger partial charge in [-0.05, 0) is 32.0 Å². The standard InChI is InChI=1S/C24H26N4O3/c1-15(2)30-21-8-7-17-23(29)22(13-20-16-5-3-4-6-19(16)26-27-20)31-24(17)18(21)14-28-11-9-25-10-12-28/h3-8,13,15,25H,9-12,14H2,1-2H3,(H,26,27)/b22-13-. The first-order valence-electron chi connectivity index (χ1n) is 10.7. The summed E-state index contributed by atoms with van der Waals surface area (Å²) < 4.78 is 12.2. The Kier molecular flexibility index (Phi) is 5.21. The van der Waals surface area contributed by atoms with Crippen LogP contribution in [0.3, 0.4) is 0 Å². The maximum Gasteiger partial charge on any atom is 0.232 e. The van der Waals surface area contributed by atoms with Crippen molar-refractivity contribution in [1.29, 1.82) is 0 Å². The number of nitrogens with one attached hydrogen (secondary N) is 2. The minimum absolute atomic E-state index is 0.0300. The van der Waals surface area contributed by atoms with Crippen LogP contribution in [0.5, 0.6) is 11.5 Å². The van der Waals surface area contributed by atoms with E-state index in [1.807, 2.05) is 44.2 Å². The molecule has 7 nitrogen and oxygen atoms in total. The molecule has 1 fully saturated rings. The summed E-state index contributed by atoms with van der Waals surface area (Å²) in [5.41, 5.74) is 3.11. The Morgan fingerprint density at radius 3 is 2.81 bits per heavy atom. The summed E-state index contributed by atoms with van der Waals surface area (Å²) in [6.07, 6.45) is 1.75. The fourth-order valence-electron chi connectivity index (χ4n) is 4.11. The van der Waals surface area contributed by atoms with Crippen molar-refractivity contribution in [3.8, 4) is 11.5 Å². The topological polar surface area (TPSA) is 79.5 Å². The van der Waals surface area contributed by atoms with Crippen LogP contribution in [0.25, 0.3) is 17.0 Å². The van der Waals surface area contributed by atoms with E-state index in [2.05, 4.69) is 20.4 Å². The molecule has 2 aliphatic heterocycles. The van der Waals surface area contributed by atoms with Crippen molar-refractivity contribution in [3.63, 3.8) is 0 Å². The number of fused-ring (bicyclic) bond motifs is 2. The molecule has 5 rings (SSSR count). The number of ether oxygens (including phenoxy) is 2. The molecular weight excluding hydrogens is 392 g/mol. The van der Waals surface area contributed by atoms with Gasteiger partial charge < -0.3 is 14.8 Å². The zero-order valence-corrected chi connectivity index (χ0v) is 17.8. The van der Waals surface area contributed by atoms with Gasteiger partial charge in [0.05, 0.1) is 28.4 Å². The van der Waals surface area contributed by atoms with Gasteiger partial charge in [-0.1, -0.05) is 18.2 Å². The van der Waals surface area contributed by atoms with Gasteiger partial charge in [0, 0.05) is 44.2 Å².